The standard InChI is InChI=1S/C21H21N3O5/c1-14(29-17-9-8-15-5-2-3-6-16(15)13-17)20(26)24-23-19(25)10-11-22-21(27)18-7-4-12-28-18/h2-9,12-14H,10-11H2,1H3,(H,22,27)(H,23,25)(H,24,26). The van der Waals surface area contributed by atoms with E-state index in [9.17, 15) is 14.4 Å². The van der Waals surface area contributed by atoms with Gasteiger partial charge in [0.05, 0.1) is 6.26 Å². The first-order valence-corrected chi connectivity index (χ1v) is 9.09. The van der Waals surface area contributed by atoms with Crippen LogP contribution in [0, 0.1) is 0 Å². The number of hydrogen-bond acceptors (Lipinski definition) is 5. The van der Waals surface area contributed by atoms with E-state index in [1.165, 1.54) is 12.3 Å². The average molecular weight is 395 g/mol. The zero-order chi connectivity index (χ0) is 20.6. The highest BCUT2D eigenvalue weighted by Gasteiger charge is 2.16. The van der Waals surface area contributed by atoms with E-state index in [1.54, 1.807) is 19.1 Å². The molecule has 2 aromatic carbocycles. The fourth-order valence-corrected chi connectivity index (χ4v) is 2.58. The smallest absolute Gasteiger partial charge is 0.286 e. The minimum absolute atomic E-state index is 0.00730. The van der Waals surface area contributed by atoms with E-state index in [2.05, 4.69) is 16.2 Å². The molecule has 1 heterocycles. The summed E-state index contributed by atoms with van der Waals surface area (Å²) in [6.45, 7) is 1.69. The predicted octanol–water partition coefficient (Wildman–Crippen LogP) is 2.17. The van der Waals surface area contributed by atoms with Crippen molar-refractivity contribution in [3.05, 3.63) is 66.6 Å². The zero-order valence-corrected chi connectivity index (χ0v) is 15.8. The number of fused-ring (bicyclic) bond motifs is 1. The summed E-state index contributed by atoms with van der Waals surface area (Å²) in [5.74, 6) is -0.636. The molecule has 1 atom stereocenters. The van der Waals surface area contributed by atoms with Crippen molar-refractivity contribution in [3.63, 3.8) is 0 Å². The molecule has 29 heavy (non-hydrogen) atoms. The zero-order valence-electron chi connectivity index (χ0n) is 15.8. The van der Waals surface area contributed by atoms with Crippen molar-refractivity contribution in [2.45, 2.75) is 19.4 Å². The number of benzene rings is 2. The van der Waals surface area contributed by atoms with Gasteiger partial charge in [-0.2, -0.15) is 0 Å². The molecule has 0 aliphatic carbocycles. The SMILES string of the molecule is CC(Oc1ccc2ccccc2c1)C(=O)NNC(=O)CCNC(=O)c1ccco1. The van der Waals surface area contributed by atoms with Gasteiger partial charge in [0, 0.05) is 13.0 Å². The first-order valence-electron chi connectivity index (χ1n) is 9.09. The third-order valence-electron chi connectivity index (χ3n) is 4.11. The number of hydrogen-bond donors (Lipinski definition) is 3. The fraction of sp³-hybridized carbons (Fsp3) is 0.190. The lowest BCUT2D eigenvalue weighted by atomic mass is 10.1. The largest absolute Gasteiger partial charge is 0.481 e. The minimum Gasteiger partial charge on any atom is -0.481 e. The van der Waals surface area contributed by atoms with Crippen LogP contribution in [-0.2, 0) is 9.59 Å². The second-order valence-electron chi connectivity index (χ2n) is 6.29. The van der Waals surface area contributed by atoms with Crippen LogP contribution >= 0.6 is 0 Å². The Labute approximate surface area is 167 Å². The molecule has 1 unspecified atom stereocenters. The summed E-state index contributed by atoms with van der Waals surface area (Å²) in [5.41, 5.74) is 4.60. The Hall–Kier alpha value is -3.81. The third kappa shape index (κ3) is 5.58. The average Bonchev–Trinajstić information content (AvgIpc) is 3.27. The lowest BCUT2D eigenvalue weighted by Gasteiger charge is -2.15. The molecule has 0 aliphatic rings. The Bertz CT molecular complexity index is 1000. The number of carbonyl (C=O) groups is 3. The third-order valence-corrected chi connectivity index (χ3v) is 4.11. The Morgan fingerprint density at radius 2 is 1.79 bits per heavy atom. The molecule has 150 valence electrons. The molecule has 0 aliphatic heterocycles. The van der Waals surface area contributed by atoms with Crippen LogP contribution < -0.4 is 20.9 Å². The number of hydrazine groups is 1. The molecule has 0 radical (unpaired) electrons. The van der Waals surface area contributed by atoms with E-state index < -0.39 is 23.8 Å². The second-order valence-corrected chi connectivity index (χ2v) is 6.29. The van der Waals surface area contributed by atoms with E-state index in [0.29, 0.717) is 5.75 Å². The van der Waals surface area contributed by atoms with Crippen LogP contribution in [0.15, 0.2) is 65.3 Å². The molecule has 8 heteroatoms. The van der Waals surface area contributed by atoms with Crippen molar-refractivity contribution in [3.8, 4) is 5.75 Å². The Kier molecular flexibility index (Phi) is 6.47. The molecule has 3 N–H and O–H groups in total. The number of ether oxygens (including phenoxy) is 1. The van der Waals surface area contributed by atoms with E-state index in [-0.39, 0.29) is 18.7 Å². The molecular formula is C21H21N3O5. The molecule has 0 saturated carbocycles. The Balaban J connectivity index is 1.39. The molecular weight excluding hydrogens is 374 g/mol. The van der Waals surface area contributed by atoms with Crippen molar-refractivity contribution in [2.75, 3.05) is 6.54 Å². The monoisotopic (exact) mass is 395 g/mol. The molecule has 1 aromatic heterocycles. The van der Waals surface area contributed by atoms with Crippen molar-refractivity contribution in [1.82, 2.24) is 16.2 Å². The van der Waals surface area contributed by atoms with E-state index in [1.807, 2.05) is 36.4 Å². The van der Waals surface area contributed by atoms with Crippen molar-refractivity contribution in [2.24, 2.45) is 0 Å². The fourth-order valence-electron chi connectivity index (χ4n) is 2.58. The van der Waals surface area contributed by atoms with Gasteiger partial charge < -0.3 is 14.5 Å². The van der Waals surface area contributed by atoms with Crippen LogP contribution in [0.1, 0.15) is 23.9 Å². The number of nitrogens with one attached hydrogen (secondary N) is 3. The van der Waals surface area contributed by atoms with Crippen LogP contribution in [0.4, 0.5) is 0 Å². The van der Waals surface area contributed by atoms with Gasteiger partial charge in [-0.15, -0.1) is 0 Å². The van der Waals surface area contributed by atoms with Crippen molar-refractivity contribution in [1.29, 1.82) is 0 Å². The maximum atomic E-state index is 12.1. The molecule has 0 spiro atoms. The quantitative estimate of drug-likeness (QED) is 0.531. The lowest BCUT2D eigenvalue weighted by Crippen LogP contribution is -2.47. The lowest BCUT2D eigenvalue weighted by molar-refractivity contribution is -0.132. The van der Waals surface area contributed by atoms with Gasteiger partial charge in [0.2, 0.25) is 5.91 Å². The van der Waals surface area contributed by atoms with E-state index in [0.717, 1.165) is 10.8 Å². The second kappa shape index (κ2) is 9.41. The number of amides is 3. The number of rotatable bonds is 7. The first-order chi connectivity index (χ1) is 14.0. The molecule has 0 saturated heterocycles. The topological polar surface area (TPSA) is 110 Å². The maximum absolute atomic E-state index is 12.1. The summed E-state index contributed by atoms with van der Waals surface area (Å²) >= 11 is 0. The van der Waals surface area contributed by atoms with Crippen molar-refractivity contribution >= 4 is 28.5 Å². The summed E-state index contributed by atoms with van der Waals surface area (Å²) in [4.78, 5) is 35.6. The Morgan fingerprint density at radius 3 is 2.55 bits per heavy atom. The normalized spacial score (nSPS) is 11.5. The van der Waals surface area contributed by atoms with Gasteiger partial charge in [0.15, 0.2) is 11.9 Å². The molecule has 3 aromatic rings. The van der Waals surface area contributed by atoms with Gasteiger partial charge in [-0.1, -0.05) is 30.3 Å². The van der Waals surface area contributed by atoms with Crippen LogP contribution in [0.25, 0.3) is 10.8 Å². The Morgan fingerprint density at radius 1 is 1.00 bits per heavy atom. The van der Waals surface area contributed by atoms with Gasteiger partial charge in [-0.3, -0.25) is 25.2 Å². The van der Waals surface area contributed by atoms with Gasteiger partial charge in [-0.25, -0.2) is 0 Å². The van der Waals surface area contributed by atoms with Gasteiger partial charge in [0.1, 0.15) is 5.75 Å². The number of furan rings is 1. The predicted molar refractivity (Wildman–Crippen MR) is 106 cm³/mol. The van der Waals surface area contributed by atoms with Gasteiger partial charge in [0.25, 0.3) is 11.8 Å². The highest BCUT2D eigenvalue weighted by atomic mass is 16.5. The summed E-state index contributed by atoms with van der Waals surface area (Å²) in [7, 11) is 0. The van der Waals surface area contributed by atoms with Crippen LogP contribution in [0.5, 0.6) is 5.75 Å². The molecule has 8 nitrogen and oxygen atoms in total. The summed E-state index contributed by atoms with van der Waals surface area (Å²) in [6.07, 6.45) is 0.570. The molecule has 0 bridgehead atoms. The summed E-state index contributed by atoms with van der Waals surface area (Å²) in [5, 5.41) is 4.62. The first kappa shape index (κ1) is 19.9. The molecule has 3 rings (SSSR count). The van der Waals surface area contributed by atoms with Gasteiger partial charge in [-0.05, 0) is 42.0 Å². The van der Waals surface area contributed by atoms with Crippen LogP contribution in [-0.4, -0.2) is 30.4 Å². The van der Waals surface area contributed by atoms with Crippen molar-refractivity contribution < 1.29 is 23.5 Å². The summed E-state index contributed by atoms with van der Waals surface area (Å²) in [6, 6.07) is 16.5. The highest BCUT2D eigenvalue weighted by molar-refractivity contribution is 5.91. The molecule has 3 amide bonds. The highest BCUT2D eigenvalue weighted by Crippen LogP contribution is 2.21. The summed E-state index contributed by atoms with van der Waals surface area (Å²) < 4.78 is 10.6. The van der Waals surface area contributed by atoms with Crippen LogP contribution in [0.2, 0.25) is 0 Å². The molecule has 0 fully saturated rings. The van der Waals surface area contributed by atoms with Crippen LogP contribution in [0.3, 0.4) is 0 Å². The number of carbonyl (C=O) groups excluding carboxylic acids is 3. The van der Waals surface area contributed by atoms with E-state index >= 15 is 0 Å². The van der Waals surface area contributed by atoms with Gasteiger partial charge >= 0.3 is 0 Å². The maximum Gasteiger partial charge on any atom is 0.286 e. The minimum atomic E-state index is -0.810. The van der Waals surface area contributed by atoms with E-state index in [4.69, 9.17) is 9.15 Å².